The number of halogens is 1. The Bertz CT molecular complexity index is 456. The number of aryl methyl sites for hydroxylation is 1. The highest BCUT2D eigenvalue weighted by Crippen LogP contribution is 2.11. The molecule has 1 aromatic carbocycles. The molecular formula is C16H23FN2O. The molecule has 1 aromatic rings. The number of likely N-dealkylation sites (tertiary alicyclic amines) is 1. The van der Waals surface area contributed by atoms with Gasteiger partial charge >= 0.3 is 0 Å². The van der Waals surface area contributed by atoms with Gasteiger partial charge in [0.2, 0.25) is 0 Å². The number of nitrogens with zero attached hydrogens (tertiary/aromatic N) is 1. The fourth-order valence-electron chi connectivity index (χ4n) is 2.57. The first-order chi connectivity index (χ1) is 9.70. The molecule has 4 heteroatoms. The Labute approximate surface area is 120 Å². The lowest BCUT2D eigenvalue weighted by Gasteiger charge is -2.26. The van der Waals surface area contributed by atoms with Gasteiger partial charge in [0.15, 0.2) is 0 Å². The van der Waals surface area contributed by atoms with Crippen molar-refractivity contribution in [3.05, 3.63) is 35.1 Å². The van der Waals surface area contributed by atoms with Crippen molar-refractivity contribution in [2.24, 2.45) is 0 Å². The molecule has 1 saturated heterocycles. The van der Waals surface area contributed by atoms with Gasteiger partial charge in [0, 0.05) is 13.1 Å². The number of piperidine rings is 1. The number of benzene rings is 1. The molecule has 20 heavy (non-hydrogen) atoms. The minimum absolute atomic E-state index is 0.140. The van der Waals surface area contributed by atoms with E-state index >= 15 is 0 Å². The highest BCUT2D eigenvalue weighted by atomic mass is 19.1. The predicted octanol–water partition coefficient (Wildman–Crippen LogP) is 2.60. The standard InChI is InChI=1S/C16H23FN2O/c1-2-13-6-7-14(15(17)12-13)16(20)18-8-11-19-9-4-3-5-10-19/h6-7,12H,2-5,8-11H2,1H3,(H,18,20). The molecule has 110 valence electrons. The summed E-state index contributed by atoms with van der Waals surface area (Å²) in [6, 6.07) is 4.83. The first-order valence-corrected chi connectivity index (χ1v) is 7.49. The fourth-order valence-corrected chi connectivity index (χ4v) is 2.57. The Morgan fingerprint density at radius 3 is 2.70 bits per heavy atom. The summed E-state index contributed by atoms with van der Waals surface area (Å²) in [5.74, 6) is -0.748. The summed E-state index contributed by atoms with van der Waals surface area (Å²) >= 11 is 0. The Morgan fingerprint density at radius 2 is 2.05 bits per heavy atom. The van der Waals surface area contributed by atoms with Gasteiger partial charge in [-0.05, 0) is 50.0 Å². The monoisotopic (exact) mass is 278 g/mol. The average molecular weight is 278 g/mol. The van der Waals surface area contributed by atoms with E-state index in [2.05, 4.69) is 10.2 Å². The Kier molecular flexibility index (Phi) is 5.53. The van der Waals surface area contributed by atoms with Gasteiger partial charge in [-0.15, -0.1) is 0 Å². The molecule has 0 saturated carbocycles. The van der Waals surface area contributed by atoms with Crippen LogP contribution in [0.1, 0.15) is 42.1 Å². The van der Waals surface area contributed by atoms with Gasteiger partial charge in [0.1, 0.15) is 5.82 Å². The van der Waals surface area contributed by atoms with Crippen molar-refractivity contribution in [3.63, 3.8) is 0 Å². The maximum absolute atomic E-state index is 13.8. The minimum Gasteiger partial charge on any atom is -0.351 e. The highest BCUT2D eigenvalue weighted by molar-refractivity contribution is 5.94. The summed E-state index contributed by atoms with van der Waals surface area (Å²) in [5, 5.41) is 2.80. The molecule has 1 aliphatic heterocycles. The second-order valence-electron chi connectivity index (χ2n) is 5.33. The maximum Gasteiger partial charge on any atom is 0.254 e. The Hall–Kier alpha value is -1.42. The lowest BCUT2D eigenvalue weighted by atomic mass is 10.1. The summed E-state index contributed by atoms with van der Waals surface area (Å²) < 4.78 is 13.8. The van der Waals surface area contributed by atoms with Crippen LogP contribution in [0, 0.1) is 5.82 Å². The van der Waals surface area contributed by atoms with E-state index in [4.69, 9.17) is 0 Å². The zero-order chi connectivity index (χ0) is 14.4. The average Bonchev–Trinajstić information content (AvgIpc) is 2.48. The molecule has 2 rings (SSSR count). The van der Waals surface area contributed by atoms with E-state index in [1.807, 2.05) is 13.0 Å². The number of hydrogen-bond donors (Lipinski definition) is 1. The van der Waals surface area contributed by atoms with Gasteiger partial charge in [0.05, 0.1) is 5.56 Å². The molecule has 1 fully saturated rings. The van der Waals surface area contributed by atoms with Gasteiger partial charge < -0.3 is 10.2 Å². The van der Waals surface area contributed by atoms with Crippen LogP contribution in [0.15, 0.2) is 18.2 Å². The minimum atomic E-state index is -0.431. The molecule has 1 N–H and O–H groups in total. The summed E-state index contributed by atoms with van der Waals surface area (Å²) in [4.78, 5) is 14.3. The van der Waals surface area contributed by atoms with E-state index in [9.17, 15) is 9.18 Å². The van der Waals surface area contributed by atoms with Gasteiger partial charge in [-0.2, -0.15) is 0 Å². The Morgan fingerprint density at radius 1 is 1.30 bits per heavy atom. The Balaban J connectivity index is 1.82. The molecule has 3 nitrogen and oxygen atoms in total. The lowest BCUT2D eigenvalue weighted by molar-refractivity contribution is 0.0942. The molecule has 0 aliphatic carbocycles. The van der Waals surface area contributed by atoms with Crippen LogP contribution >= 0.6 is 0 Å². The summed E-state index contributed by atoms with van der Waals surface area (Å²) in [5.41, 5.74) is 1.05. The van der Waals surface area contributed by atoms with Crippen LogP contribution in [0.3, 0.4) is 0 Å². The third kappa shape index (κ3) is 4.04. The quantitative estimate of drug-likeness (QED) is 0.898. The number of nitrogens with one attached hydrogen (secondary N) is 1. The van der Waals surface area contributed by atoms with Crippen molar-refractivity contribution in [3.8, 4) is 0 Å². The molecule has 0 atom stereocenters. The second-order valence-corrected chi connectivity index (χ2v) is 5.33. The molecular weight excluding hydrogens is 255 g/mol. The van der Waals surface area contributed by atoms with Gasteiger partial charge in [0.25, 0.3) is 5.91 Å². The molecule has 0 unspecified atom stereocenters. The summed E-state index contributed by atoms with van der Waals surface area (Å²) in [6.07, 6.45) is 4.55. The van der Waals surface area contributed by atoms with Crippen molar-refractivity contribution < 1.29 is 9.18 Å². The number of carbonyl (C=O) groups excluding carboxylic acids is 1. The van der Waals surface area contributed by atoms with Crippen molar-refractivity contribution >= 4 is 5.91 Å². The number of hydrogen-bond acceptors (Lipinski definition) is 2. The van der Waals surface area contributed by atoms with E-state index in [0.29, 0.717) is 6.54 Å². The molecule has 0 aromatic heterocycles. The van der Waals surface area contributed by atoms with E-state index in [1.165, 1.54) is 25.3 Å². The number of amides is 1. The molecule has 1 heterocycles. The van der Waals surface area contributed by atoms with Crippen LogP contribution in [-0.4, -0.2) is 37.0 Å². The molecule has 0 radical (unpaired) electrons. The van der Waals surface area contributed by atoms with Gasteiger partial charge in [-0.1, -0.05) is 19.4 Å². The summed E-state index contributed by atoms with van der Waals surface area (Å²) in [6.45, 7) is 5.60. The third-order valence-electron chi connectivity index (χ3n) is 3.85. The van der Waals surface area contributed by atoms with Crippen LogP contribution < -0.4 is 5.32 Å². The van der Waals surface area contributed by atoms with Crippen LogP contribution in [0.4, 0.5) is 4.39 Å². The van der Waals surface area contributed by atoms with Gasteiger partial charge in [-0.3, -0.25) is 4.79 Å². The first kappa shape index (κ1) is 15.0. The van der Waals surface area contributed by atoms with Crippen LogP contribution in [0.25, 0.3) is 0 Å². The van der Waals surface area contributed by atoms with E-state index in [1.54, 1.807) is 6.07 Å². The smallest absolute Gasteiger partial charge is 0.254 e. The molecule has 0 spiro atoms. The highest BCUT2D eigenvalue weighted by Gasteiger charge is 2.13. The third-order valence-corrected chi connectivity index (χ3v) is 3.85. The second kappa shape index (κ2) is 7.39. The van der Waals surface area contributed by atoms with E-state index in [-0.39, 0.29) is 11.5 Å². The zero-order valence-corrected chi connectivity index (χ0v) is 12.1. The van der Waals surface area contributed by atoms with E-state index < -0.39 is 5.82 Å². The first-order valence-electron chi connectivity index (χ1n) is 7.49. The van der Waals surface area contributed by atoms with Crippen LogP contribution in [0.5, 0.6) is 0 Å². The van der Waals surface area contributed by atoms with Crippen molar-refractivity contribution in [1.29, 1.82) is 0 Å². The molecule has 0 bridgehead atoms. The molecule has 1 amide bonds. The normalized spacial score (nSPS) is 16.1. The van der Waals surface area contributed by atoms with Crippen LogP contribution in [0.2, 0.25) is 0 Å². The number of carbonyl (C=O) groups is 1. The van der Waals surface area contributed by atoms with Crippen molar-refractivity contribution in [2.75, 3.05) is 26.2 Å². The topological polar surface area (TPSA) is 32.3 Å². The summed E-state index contributed by atoms with van der Waals surface area (Å²) in [7, 11) is 0. The fraction of sp³-hybridized carbons (Fsp3) is 0.562. The van der Waals surface area contributed by atoms with Crippen molar-refractivity contribution in [2.45, 2.75) is 32.6 Å². The lowest BCUT2D eigenvalue weighted by Crippen LogP contribution is -2.37. The van der Waals surface area contributed by atoms with Gasteiger partial charge in [-0.25, -0.2) is 4.39 Å². The zero-order valence-electron chi connectivity index (χ0n) is 12.1. The SMILES string of the molecule is CCc1ccc(C(=O)NCCN2CCCCC2)c(F)c1. The van der Waals surface area contributed by atoms with Crippen molar-refractivity contribution in [1.82, 2.24) is 10.2 Å². The van der Waals surface area contributed by atoms with E-state index in [0.717, 1.165) is 31.6 Å². The molecule has 1 aliphatic rings. The number of rotatable bonds is 5. The van der Waals surface area contributed by atoms with Crippen LogP contribution in [-0.2, 0) is 6.42 Å². The predicted molar refractivity (Wildman–Crippen MR) is 78.4 cm³/mol. The maximum atomic E-state index is 13.8. The largest absolute Gasteiger partial charge is 0.351 e.